The standard InChI is InChI=1S/C10H17NO4/c1-6(2)8(12)4-7(5-9(11)13)10(14)15-3/h6-7H,4-5H2,1-3H3,(H2,11,13). The van der Waals surface area contributed by atoms with Gasteiger partial charge >= 0.3 is 5.97 Å². The molecule has 0 aliphatic heterocycles. The number of nitrogens with two attached hydrogens (primary N) is 1. The van der Waals surface area contributed by atoms with Gasteiger partial charge in [0.05, 0.1) is 13.0 Å². The quantitative estimate of drug-likeness (QED) is 0.644. The second-order valence-electron chi connectivity index (χ2n) is 3.72. The Balaban J connectivity index is 4.44. The summed E-state index contributed by atoms with van der Waals surface area (Å²) in [6.07, 6.45) is -0.140. The smallest absolute Gasteiger partial charge is 0.309 e. The highest BCUT2D eigenvalue weighted by Gasteiger charge is 2.25. The molecule has 1 amide bonds. The van der Waals surface area contributed by atoms with Gasteiger partial charge in [-0.25, -0.2) is 0 Å². The van der Waals surface area contributed by atoms with Gasteiger partial charge in [-0.3, -0.25) is 14.4 Å². The summed E-state index contributed by atoms with van der Waals surface area (Å²) in [5, 5.41) is 0. The largest absolute Gasteiger partial charge is 0.469 e. The molecule has 0 saturated carbocycles. The molecular formula is C10H17NO4. The zero-order valence-corrected chi connectivity index (χ0v) is 9.28. The van der Waals surface area contributed by atoms with Crippen LogP contribution < -0.4 is 5.73 Å². The van der Waals surface area contributed by atoms with E-state index in [1.165, 1.54) is 7.11 Å². The van der Waals surface area contributed by atoms with Crippen molar-refractivity contribution in [2.24, 2.45) is 17.6 Å². The number of rotatable bonds is 6. The number of amides is 1. The van der Waals surface area contributed by atoms with E-state index in [9.17, 15) is 14.4 Å². The second kappa shape index (κ2) is 6.16. The maximum absolute atomic E-state index is 11.4. The van der Waals surface area contributed by atoms with Gasteiger partial charge < -0.3 is 10.5 Å². The number of carbonyl (C=O) groups is 3. The van der Waals surface area contributed by atoms with Crippen LogP contribution in [0.5, 0.6) is 0 Å². The summed E-state index contributed by atoms with van der Waals surface area (Å²) in [6.45, 7) is 3.47. The van der Waals surface area contributed by atoms with Crippen LogP contribution in [0.1, 0.15) is 26.7 Å². The molecule has 2 N–H and O–H groups in total. The van der Waals surface area contributed by atoms with E-state index in [2.05, 4.69) is 4.74 Å². The van der Waals surface area contributed by atoms with E-state index in [1.807, 2.05) is 0 Å². The average molecular weight is 215 g/mol. The molecule has 0 fully saturated rings. The first-order valence-electron chi connectivity index (χ1n) is 4.77. The Kier molecular flexibility index (Phi) is 5.59. The van der Waals surface area contributed by atoms with Crippen molar-refractivity contribution in [2.45, 2.75) is 26.7 Å². The van der Waals surface area contributed by atoms with E-state index in [0.717, 1.165) is 0 Å². The van der Waals surface area contributed by atoms with Gasteiger partial charge in [0.25, 0.3) is 0 Å². The molecule has 1 atom stereocenters. The minimum absolute atomic E-state index is 0.00722. The molecule has 0 aromatic heterocycles. The molecule has 0 aromatic rings. The Morgan fingerprint density at radius 1 is 1.20 bits per heavy atom. The van der Waals surface area contributed by atoms with Crippen LogP contribution in [0, 0.1) is 11.8 Å². The summed E-state index contributed by atoms with van der Waals surface area (Å²) < 4.78 is 4.49. The lowest BCUT2D eigenvalue weighted by Crippen LogP contribution is -2.27. The van der Waals surface area contributed by atoms with E-state index in [4.69, 9.17) is 5.73 Å². The third-order valence-corrected chi connectivity index (χ3v) is 2.07. The summed E-state index contributed by atoms with van der Waals surface area (Å²) in [4.78, 5) is 33.3. The van der Waals surface area contributed by atoms with Crippen molar-refractivity contribution in [2.75, 3.05) is 7.11 Å². The predicted molar refractivity (Wildman–Crippen MR) is 53.8 cm³/mol. The molecule has 5 heteroatoms. The van der Waals surface area contributed by atoms with Crippen LogP contribution in [0.4, 0.5) is 0 Å². The van der Waals surface area contributed by atoms with Crippen LogP contribution >= 0.6 is 0 Å². The topological polar surface area (TPSA) is 86.5 Å². The van der Waals surface area contributed by atoms with Crippen LogP contribution in [0.2, 0.25) is 0 Å². The highest BCUT2D eigenvalue weighted by Crippen LogP contribution is 2.14. The Morgan fingerprint density at radius 2 is 1.73 bits per heavy atom. The molecular weight excluding hydrogens is 198 g/mol. The van der Waals surface area contributed by atoms with Gasteiger partial charge in [-0.1, -0.05) is 13.8 Å². The Bertz CT molecular complexity index is 260. The average Bonchev–Trinajstić information content (AvgIpc) is 2.14. The van der Waals surface area contributed by atoms with Crippen LogP contribution in [0.25, 0.3) is 0 Å². The fourth-order valence-electron chi connectivity index (χ4n) is 1.13. The van der Waals surface area contributed by atoms with E-state index in [0.29, 0.717) is 0 Å². The summed E-state index contributed by atoms with van der Waals surface area (Å²) in [6, 6.07) is 0. The Labute approximate surface area is 89.0 Å². The number of carbonyl (C=O) groups excluding carboxylic acids is 3. The number of hydrogen-bond acceptors (Lipinski definition) is 4. The number of ether oxygens (including phenoxy) is 1. The van der Waals surface area contributed by atoms with Crippen molar-refractivity contribution in [1.82, 2.24) is 0 Å². The summed E-state index contributed by atoms with van der Waals surface area (Å²) in [5.74, 6) is -2.16. The molecule has 0 aliphatic rings. The lowest BCUT2D eigenvalue weighted by molar-refractivity contribution is -0.149. The minimum Gasteiger partial charge on any atom is -0.469 e. The highest BCUT2D eigenvalue weighted by atomic mass is 16.5. The third kappa shape index (κ3) is 5.15. The van der Waals surface area contributed by atoms with Crippen LogP contribution in [-0.4, -0.2) is 24.8 Å². The van der Waals surface area contributed by atoms with Gasteiger partial charge in [0.1, 0.15) is 5.78 Å². The molecule has 1 unspecified atom stereocenters. The van der Waals surface area contributed by atoms with Gasteiger partial charge in [0.2, 0.25) is 5.91 Å². The lowest BCUT2D eigenvalue weighted by Gasteiger charge is -2.13. The van der Waals surface area contributed by atoms with Crippen molar-refractivity contribution in [3.05, 3.63) is 0 Å². The maximum atomic E-state index is 11.4. The molecule has 0 bridgehead atoms. The van der Waals surface area contributed by atoms with Crippen molar-refractivity contribution in [3.8, 4) is 0 Å². The van der Waals surface area contributed by atoms with Crippen LogP contribution in [0.3, 0.4) is 0 Å². The minimum atomic E-state index is -0.748. The zero-order chi connectivity index (χ0) is 12.0. The molecule has 0 heterocycles. The van der Waals surface area contributed by atoms with Crippen LogP contribution in [0.15, 0.2) is 0 Å². The number of primary amides is 1. The molecule has 0 aliphatic carbocycles. The van der Waals surface area contributed by atoms with Gasteiger partial charge in [0.15, 0.2) is 0 Å². The number of methoxy groups -OCH3 is 1. The molecule has 15 heavy (non-hydrogen) atoms. The number of ketones is 1. The summed E-state index contributed by atoms with van der Waals surface area (Å²) in [5.41, 5.74) is 4.98. The van der Waals surface area contributed by atoms with Gasteiger partial charge in [-0.15, -0.1) is 0 Å². The summed E-state index contributed by atoms with van der Waals surface area (Å²) >= 11 is 0. The number of hydrogen-bond donors (Lipinski definition) is 1. The Hall–Kier alpha value is -1.39. The number of Topliss-reactive ketones (excluding diaryl/α,β-unsaturated/α-hetero) is 1. The lowest BCUT2D eigenvalue weighted by atomic mass is 9.94. The van der Waals surface area contributed by atoms with Crippen molar-refractivity contribution in [1.29, 1.82) is 0 Å². The fraction of sp³-hybridized carbons (Fsp3) is 0.700. The molecule has 0 radical (unpaired) electrons. The molecule has 86 valence electrons. The molecule has 0 spiro atoms. The Morgan fingerprint density at radius 3 is 2.07 bits per heavy atom. The maximum Gasteiger partial charge on any atom is 0.309 e. The van der Waals surface area contributed by atoms with Crippen molar-refractivity contribution in [3.63, 3.8) is 0 Å². The third-order valence-electron chi connectivity index (χ3n) is 2.07. The van der Waals surface area contributed by atoms with Crippen molar-refractivity contribution >= 4 is 17.7 Å². The van der Waals surface area contributed by atoms with Gasteiger partial charge in [-0.05, 0) is 0 Å². The monoisotopic (exact) mass is 215 g/mol. The normalized spacial score (nSPS) is 12.3. The van der Waals surface area contributed by atoms with E-state index in [-0.39, 0.29) is 24.5 Å². The zero-order valence-electron chi connectivity index (χ0n) is 9.28. The van der Waals surface area contributed by atoms with Crippen molar-refractivity contribution < 1.29 is 19.1 Å². The van der Waals surface area contributed by atoms with E-state index < -0.39 is 17.8 Å². The summed E-state index contributed by atoms with van der Waals surface area (Å²) in [7, 11) is 1.22. The SMILES string of the molecule is COC(=O)C(CC(N)=O)CC(=O)C(C)C. The molecule has 0 rings (SSSR count). The molecule has 0 aromatic carbocycles. The van der Waals surface area contributed by atoms with Crippen LogP contribution in [-0.2, 0) is 19.1 Å². The van der Waals surface area contributed by atoms with E-state index in [1.54, 1.807) is 13.8 Å². The highest BCUT2D eigenvalue weighted by molar-refractivity contribution is 5.88. The van der Waals surface area contributed by atoms with Gasteiger partial charge in [0, 0.05) is 18.8 Å². The molecule has 0 saturated heterocycles. The first-order chi connectivity index (χ1) is 6.88. The predicted octanol–water partition coefficient (Wildman–Crippen LogP) is 0.266. The molecule has 5 nitrogen and oxygen atoms in total. The first-order valence-corrected chi connectivity index (χ1v) is 4.77. The first kappa shape index (κ1) is 13.6. The van der Waals surface area contributed by atoms with E-state index >= 15 is 0 Å². The number of esters is 1. The second-order valence-corrected chi connectivity index (χ2v) is 3.72. The fourth-order valence-corrected chi connectivity index (χ4v) is 1.13. The van der Waals surface area contributed by atoms with Gasteiger partial charge in [-0.2, -0.15) is 0 Å².